The van der Waals surface area contributed by atoms with Gasteiger partial charge >= 0.3 is 0 Å². The number of hydrogen-bond donors (Lipinski definition) is 1. The molecule has 32 heavy (non-hydrogen) atoms. The Kier molecular flexibility index (Phi) is 7.46. The Morgan fingerprint density at radius 1 is 1.00 bits per heavy atom. The summed E-state index contributed by atoms with van der Waals surface area (Å²) in [5, 5.41) is 10.6. The third-order valence-corrected chi connectivity index (χ3v) is 6.06. The monoisotopic (exact) mass is 431 g/mol. The van der Waals surface area contributed by atoms with Crippen molar-refractivity contribution < 1.29 is 14.6 Å². The lowest BCUT2D eigenvalue weighted by Crippen LogP contribution is -2.39. The van der Waals surface area contributed by atoms with E-state index in [4.69, 9.17) is 9.47 Å². The number of nitrogens with zero attached hydrogens (tertiary/aromatic N) is 1. The van der Waals surface area contributed by atoms with Crippen molar-refractivity contribution in [3.05, 3.63) is 95.6 Å². The number of rotatable bonds is 9. The summed E-state index contributed by atoms with van der Waals surface area (Å²) in [7, 11) is 0. The van der Waals surface area contributed by atoms with E-state index in [1.165, 1.54) is 16.7 Å². The molecule has 1 heterocycles. The molecule has 4 nitrogen and oxygen atoms in total. The molecule has 0 saturated carbocycles. The standard InChI is InChI=1S/C28H33NO3/c1-21(2)29(17-22-9-5-3-6-10-22)18-26(30)20-31-27-14-13-24-15-25(19-32-28(24)16-27)23-11-7-4-8-12-23/h3-14,16,21,25-26,30H,15,17-20H2,1-2H3. The fraction of sp³-hybridized carbons (Fsp3) is 0.357. The minimum atomic E-state index is -0.569. The molecule has 3 aromatic carbocycles. The van der Waals surface area contributed by atoms with E-state index < -0.39 is 6.10 Å². The normalized spacial score (nSPS) is 16.5. The topological polar surface area (TPSA) is 41.9 Å². The van der Waals surface area contributed by atoms with Crippen molar-refractivity contribution in [1.29, 1.82) is 0 Å². The van der Waals surface area contributed by atoms with Crippen LogP contribution in [-0.2, 0) is 13.0 Å². The third kappa shape index (κ3) is 5.90. The molecular formula is C28H33NO3. The molecule has 0 aromatic heterocycles. The van der Waals surface area contributed by atoms with Crippen molar-refractivity contribution in [3.63, 3.8) is 0 Å². The Bertz CT molecular complexity index is 974. The highest BCUT2D eigenvalue weighted by Gasteiger charge is 2.22. The van der Waals surface area contributed by atoms with Crippen molar-refractivity contribution in [2.24, 2.45) is 0 Å². The van der Waals surface area contributed by atoms with Crippen LogP contribution in [0.5, 0.6) is 11.5 Å². The van der Waals surface area contributed by atoms with Gasteiger partial charge in [0.1, 0.15) is 24.2 Å². The average molecular weight is 432 g/mol. The van der Waals surface area contributed by atoms with Crippen molar-refractivity contribution in [1.82, 2.24) is 4.90 Å². The molecule has 0 radical (unpaired) electrons. The van der Waals surface area contributed by atoms with Crippen LogP contribution in [0.25, 0.3) is 0 Å². The molecule has 0 amide bonds. The first-order valence-corrected chi connectivity index (χ1v) is 11.5. The number of aliphatic hydroxyl groups excluding tert-OH is 1. The lowest BCUT2D eigenvalue weighted by molar-refractivity contribution is 0.0542. The van der Waals surface area contributed by atoms with Gasteiger partial charge in [0, 0.05) is 31.1 Å². The minimum Gasteiger partial charge on any atom is -0.493 e. The molecule has 4 rings (SSSR count). The van der Waals surface area contributed by atoms with Crippen LogP contribution in [-0.4, -0.2) is 41.9 Å². The summed E-state index contributed by atoms with van der Waals surface area (Å²) in [5.74, 6) is 2.00. The minimum absolute atomic E-state index is 0.253. The molecule has 3 aromatic rings. The van der Waals surface area contributed by atoms with Gasteiger partial charge in [-0.25, -0.2) is 0 Å². The molecule has 1 N–H and O–H groups in total. The highest BCUT2D eigenvalue weighted by atomic mass is 16.5. The number of ether oxygens (including phenoxy) is 2. The Morgan fingerprint density at radius 3 is 2.44 bits per heavy atom. The highest BCUT2D eigenvalue weighted by Crippen LogP contribution is 2.34. The Morgan fingerprint density at radius 2 is 1.72 bits per heavy atom. The van der Waals surface area contributed by atoms with Gasteiger partial charge in [0.2, 0.25) is 0 Å². The summed E-state index contributed by atoms with van der Waals surface area (Å²) in [5.41, 5.74) is 3.76. The van der Waals surface area contributed by atoms with Crippen LogP contribution in [0, 0.1) is 0 Å². The largest absolute Gasteiger partial charge is 0.493 e. The quantitative estimate of drug-likeness (QED) is 0.514. The highest BCUT2D eigenvalue weighted by molar-refractivity contribution is 5.43. The van der Waals surface area contributed by atoms with Crippen LogP contribution >= 0.6 is 0 Å². The van der Waals surface area contributed by atoms with Gasteiger partial charge in [-0.1, -0.05) is 66.7 Å². The molecule has 4 heteroatoms. The smallest absolute Gasteiger partial charge is 0.126 e. The van der Waals surface area contributed by atoms with Crippen molar-refractivity contribution in [3.8, 4) is 11.5 Å². The second-order valence-electron chi connectivity index (χ2n) is 8.87. The molecule has 0 spiro atoms. The summed E-state index contributed by atoms with van der Waals surface area (Å²) in [6, 6.07) is 27.2. The van der Waals surface area contributed by atoms with E-state index in [0.29, 0.717) is 25.1 Å². The van der Waals surface area contributed by atoms with Crippen LogP contribution < -0.4 is 9.47 Å². The van der Waals surface area contributed by atoms with Gasteiger partial charge < -0.3 is 14.6 Å². The molecule has 2 atom stereocenters. The average Bonchev–Trinajstić information content (AvgIpc) is 2.83. The van der Waals surface area contributed by atoms with Crippen LogP contribution in [0.2, 0.25) is 0 Å². The first kappa shape index (κ1) is 22.4. The fourth-order valence-corrected chi connectivity index (χ4v) is 4.17. The molecule has 0 aliphatic carbocycles. The molecule has 168 valence electrons. The van der Waals surface area contributed by atoms with Gasteiger partial charge in [-0.05, 0) is 43.0 Å². The van der Waals surface area contributed by atoms with Gasteiger partial charge in [0.05, 0.1) is 6.61 Å². The molecule has 0 fully saturated rings. The maximum absolute atomic E-state index is 10.6. The van der Waals surface area contributed by atoms with Crippen LogP contribution in [0.1, 0.15) is 36.5 Å². The molecule has 1 aliphatic rings. The van der Waals surface area contributed by atoms with Gasteiger partial charge in [-0.15, -0.1) is 0 Å². The Hall–Kier alpha value is -2.82. The third-order valence-electron chi connectivity index (χ3n) is 6.06. The summed E-state index contributed by atoms with van der Waals surface area (Å²) in [6.45, 7) is 6.60. The van der Waals surface area contributed by atoms with E-state index in [0.717, 1.165) is 24.5 Å². The zero-order valence-corrected chi connectivity index (χ0v) is 19.0. The zero-order valence-electron chi connectivity index (χ0n) is 19.0. The van der Waals surface area contributed by atoms with E-state index in [1.54, 1.807) is 0 Å². The maximum atomic E-state index is 10.6. The maximum Gasteiger partial charge on any atom is 0.126 e. The van der Waals surface area contributed by atoms with Crippen molar-refractivity contribution in [2.75, 3.05) is 19.8 Å². The lowest BCUT2D eigenvalue weighted by atomic mass is 9.90. The van der Waals surface area contributed by atoms with E-state index in [1.807, 2.05) is 36.4 Å². The summed E-state index contributed by atoms with van der Waals surface area (Å²) >= 11 is 0. The fourth-order valence-electron chi connectivity index (χ4n) is 4.17. The second kappa shape index (κ2) is 10.7. The number of aliphatic hydroxyl groups is 1. The van der Waals surface area contributed by atoms with Gasteiger partial charge in [0.25, 0.3) is 0 Å². The summed E-state index contributed by atoms with van der Waals surface area (Å²) in [4.78, 5) is 2.27. The summed E-state index contributed by atoms with van der Waals surface area (Å²) < 4.78 is 12.0. The van der Waals surface area contributed by atoms with Crippen LogP contribution in [0.4, 0.5) is 0 Å². The summed E-state index contributed by atoms with van der Waals surface area (Å²) in [6.07, 6.45) is 0.394. The zero-order chi connectivity index (χ0) is 22.3. The van der Waals surface area contributed by atoms with E-state index in [-0.39, 0.29) is 6.61 Å². The lowest BCUT2D eigenvalue weighted by Gasteiger charge is -2.29. The molecule has 1 aliphatic heterocycles. The van der Waals surface area contributed by atoms with Crippen molar-refractivity contribution in [2.45, 2.75) is 44.9 Å². The van der Waals surface area contributed by atoms with Gasteiger partial charge in [-0.2, -0.15) is 0 Å². The van der Waals surface area contributed by atoms with E-state index in [2.05, 4.69) is 61.2 Å². The van der Waals surface area contributed by atoms with Crippen LogP contribution in [0.3, 0.4) is 0 Å². The first-order valence-electron chi connectivity index (χ1n) is 11.5. The predicted octanol–water partition coefficient (Wildman–Crippen LogP) is 5.06. The number of hydrogen-bond acceptors (Lipinski definition) is 4. The van der Waals surface area contributed by atoms with E-state index >= 15 is 0 Å². The van der Waals surface area contributed by atoms with Gasteiger partial charge in [0.15, 0.2) is 0 Å². The number of fused-ring (bicyclic) bond motifs is 1. The number of benzene rings is 3. The molecule has 0 saturated heterocycles. The Labute approximate surface area is 191 Å². The SMILES string of the molecule is CC(C)N(Cc1ccccc1)CC(O)COc1ccc2c(c1)OCC(c1ccccc1)C2. The Balaban J connectivity index is 1.31. The first-order chi connectivity index (χ1) is 15.6. The second-order valence-corrected chi connectivity index (χ2v) is 8.87. The predicted molar refractivity (Wildman–Crippen MR) is 128 cm³/mol. The van der Waals surface area contributed by atoms with E-state index in [9.17, 15) is 5.11 Å². The van der Waals surface area contributed by atoms with Crippen LogP contribution in [0.15, 0.2) is 78.9 Å². The molecular weight excluding hydrogens is 398 g/mol. The van der Waals surface area contributed by atoms with Crippen molar-refractivity contribution >= 4 is 0 Å². The van der Waals surface area contributed by atoms with Gasteiger partial charge in [-0.3, -0.25) is 4.90 Å². The molecule has 0 bridgehead atoms. The molecule has 2 unspecified atom stereocenters.